The van der Waals surface area contributed by atoms with Crippen LogP contribution in [0.2, 0.25) is 10.3 Å². The Kier molecular flexibility index (Phi) is 5.40. The Morgan fingerprint density at radius 2 is 1.70 bits per heavy atom. The van der Waals surface area contributed by atoms with E-state index in [9.17, 15) is 18.0 Å². The van der Waals surface area contributed by atoms with E-state index >= 15 is 0 Å². The monoisotopic (exact) mass is 379 g/mol. The number of nitrogens with one attached hydrogen (secondary N) is 2. The second-order valence-corrected chi connectivity index (χ2v) is 5.32. The molecule has 0 aliphatic rings. The van der Waals surface area contributed by atoms with Gasteiger partial charge in [-0.05, 0) is 36.5 Å². The van der Waals surface area contributed by atoms with Gasteiger partial charge in [0, 0.05) is 5.56 Å². The van der Waals surface area contributed by atoms with Crippen LogP contribution in [0, 0.1) is 17.5 Å². The average molecular weight is 380 g/mol. The molecule has 120 valence electrons. The standard InChI is InChI=1S/C13H6Cl2F3N3OS/c14-8-3-5(4-9(15)20-8)12(22)21-13(23)19-7-2-1-6(16)10(17)11(7)18/h1-4H,(H2,19,21,22,23). The van der Waals surface area contributed by atoms with Crippen LogP contribution in [-0.2, 0) is 0 Å². The summed E-state index contributed by atoms with van der Waals surface area (Å²) in [5, 5.41) is 4.12. The molecule has 0 saturated heterocycles. The summed E-state index contributed by atoms with van der Waals surface area (Å²) in [6.45, 7) is 0. The molecular formula is C13H6Cl2F3N3OS. The predicted molar refractivity (Wildman–Crippen MR) is 84.3 cm³/mol. The first-order valence-electron chi connectivity index (χ1n) is 5.87. The number of benzene rings is 1. The van der Waals surface area contributed by atoms with Crippen molar-refractivity contribution in [2.24, 2.45) is 0 Å². The fourth-order valence-corrected chi connectivity index (χ4v) is 2.21. The van der Waals surface area contributed by atoms with Crippen LogP contribution >= 0.6 is 35.4 Å². The molecule has 0 aliphatic carbocycles. The zero-order valence-electron chi connectivity index (χ0n) is 11.0. The molecule has 2 aromatic rings. The van der Waals surface area contributed by atoms with Crippen LogP contribution in [0.3, 0.4) is 0 Å². The van der Waals surface area contributed by atoms with E-state index in [-0.39, 0.29) is 21.0 Å². The highest BCUT2D eigenvalue weighted by molar-refractivity contribution is 7.80. The first-order chi connectivity index (χ1) is 10.8. The molecule has 4 nitrogen and oxygen atoms in total. The van der Waals surface area contributed by atoms with Crippen molar-refractivity contribution in [3.63, 3.8) is 0 Å². The minimum atomic E-state index is -1.66. The molecule has 0 bridgehead atoms. The Bertz CT molecular complexity index is 784. The Morgan fingerprint density at radius 3 is 2.30 bits per heavy atom. The second kappa shape index (κ2) is 7.12. The fraction of sp³-hybridized carbons (Fsp3) is 0. The zero-order valence-corrected chi connectivity index (χ0v) is 13.3. The van der Waals surface area contributed by atoms with Crippen molar-refractivity contribution in [2.75, 3.05) is 5.32 Å². The molecule has 1 aromatic carbocycles. The van der Waals surface area contributed by atoms with Crippen molar-refractivity contribution >= 4 is 52.1 Å². The normalized spacial score (nSPS) is 10.3. The lowest BCUT2D eigenvalue weighted by Gasteiger charge is -2.11. The lowest BCUT2D eigenvalue weighted by atomic mass is 10.2. The second-order valence-electron chi connectivity index (χ2n) is 4.13. The molecule has 0 saturated carbocycles. The predicted octanol–water partition coefficient (Wildman–Crippen LogP) is 3.93. The quantitative estimate of drug-likeness (QED) is 0.471. The van der Waals surface area contributed by atoms with Crippen molar-refractivity contribution in [1.82, 2.24) is 10.3 Å². The Morgan fingerprint density at radius 1 is 1.09 bits per heavy atom. The van der Waals surface area contributed by atoms with Gasteiger partial charge in [0.1, 0.15) is 10.3 Å². The summed E-state index contributed by atoms with van der Waals surface area (Å²) >= 11 is 16.1. The van der Waals surface area contributed by atoms with Gasteiger partial charge in [0.2, 0.25) is 0 Å². The number of amides is 1. The summed E-state index contributed by atoms with van der Waals surface area (Å²) in [6.07, 6.45) is 0. The number of anilines is 1. The third-order valence-electron chi connectivity index (χ3n) is 2.54. The third-order valence-corrected chi connectivity index (χ3v) is 3.13. The molecule has 0 fully saturated rings. The molecule has 10 heteroatoms. The molecule has 2 rings (SSSR count). The number of carbonyl (C=O) groups excluding carboxylic acids is 1. The van der Waals surface area contributed by atoms with Gasteiger partial charge in [-0.25, -0.2) is 18.2 Å². The number of hydrogen-bond donors (Lipinski definition) is 2. The number of rotatable bonds is 2. The number of aromatic nitrogens is 1. The van der Waals surface area contributed by atoms with Crippen LogP contribution in [0.4, 0.5) is 18.9 Å². The topological polar surface area (TPSA) is 54.0 Å². The zero-order chi connectivity index (χ0) is 17.1. The summed E-state index contributed by atoms with van der Waals surface area (Å²) < 4.78 is 39.4. The Balaban J connectivity index is 2.10. The van der Waals surface area contributed by atoms with E-state index in [0.717, 1.165) is 6.07 Å². The summed E-state index contributed by atoms with van der Waals surface area (Å²) in [5.41, 5.74) is -0.370. The smallest absolute Gasteiger partial charge is 0.257 e. The molecule has 1 heterocycles. The first-order valence-corrected chi connectivity index (χ1v) is 7.03. The number of thiocarbonyl (C=S) groups is 1. The minimum Gasteiger partial charge on any atom is -0.330 e. The molecule has 1 amide bonds. The number of nitrogens with zero attached hydrogens (tertiary/aromatic N) is 1. The van der Waals surface area contributed by atoms with Gasteiger partial charge in [0.15, 0.2) is 22.6 Å². The van der Waals surface area contributed by atoms with Crippen LogP contribution in [0.1, 0.15) is 10.4 Å². The van der Waals surface area contributed by atoms with Crippen LogP contribution < -0.4 is 10.6 Å². The summed E-state index contributed by atoms with van der Waals surface area (Å²) in [6, 6.07) is 4.13. The summed E-state index contributed by atoms with van der Waals surface area (Å²) in [7, 11) is 0. The minimum absolute atomic E-state index is 0.00632. The van der Waals surface area contributed by atoms with Gasteiger partial charge >= 0.3 is 0 Å². The van der Waals surface area contributed by atoms with Crippen molar-refractivity contribution in [3.05, 3.63) is 57.6 Å². The summed E-state index contributed by atoms with van der Waals surface area (Å²) in [5.74, 6) is -5.16. The molecule has 0 unspecified atom stereocenters. The van der Waals surface area contributed by atoms with E-state index in [4.69, 9.17) is 35.4 Å². The maximum Gasteiger partial charge on any atom is 0.257 e. The molecule has 23 heavy (non-hydrogen) atoms. The van der Waals surface area contributed by atoms with Gasteiger partial charge < -0.3 is 5.32 Å². The van der Waals surface area contributed by atoms with Gasteiger partial charge in [-0.3, -0.25) is 10.1 Å². The number of carbonyl (C=O) groups is 1. The first kappa shape index (κ1) is 17.5. The molecular weight excluding hydrogens is 374 g/mol. The van der Waals surface area contributed by atoms with Crippen LogP contribution in [0.15, 0.2) is 24.3 Å². The molecule has 0 spiro atoms. The maximum atomic E-state index is 13.5. The number of pyridine rings is 1. The Hall–Kier alpha value is -1.90. The van der Waals surface area contributed by atoms with Crippen LogP contribution in [0.25, 0.3) is 0 Å². The van der Waals surface area contributed by atoms with E-state index in [1.54, 1.807) is 0 Å². The summed E-state index contributed by atoms with van der Waals surface area (Å²) in [4.78, 5) is 15.6. The van der Waals surface area contributed by atoms with Crippen molar-refractivity contribution in [2.45, 2.75) is 0 Å². The van der Waals surface area contributed by atoms with Gasteiger partial charge in [-0.1, -0.05) is 23.2 Å². The van der Waals surface area contributed by atoms with E-state index < -0.39 is 29.0 Å². The van der Waals surface area contributed by atoms with Crippen LogP contribution in [-0.4, -0.2) is 16.0 Å². The fourth-order valence-electron chi connectivity index (χ4n) is 1.55. The molecule has 2 N–H and O–H groups in total. The highest BCUT2D eigenvalue weighted by Gasteiger charge is 2.16. The average Bonchev–Trinajstić information content (AvgIpc) is 2.47. The Labute approximate surface area is 143 Å². The number of halogens is 5. The van der Waals surface area contributed by atoms with Crippen molar-refractivity contribution in [3.8, 4) is 0 Å². The lowest BCUT2D eigenvalue weighted by Crippen LogP contribution is -2.34. The molecule has 0 atom stereocenters. The van der Waals surface area contributed by atoms with Crippen molar-refractivity contribution < 1.29 is 18.0 Å². The number of hydrogen-bond acceptors (Lipinski definition) is 3. The van der Waals surface area contributed by atoms with Gasteiger partial charge in [-0.2, -0.15) is 0 Å². The maximum absolute atomic E-state index is 13.5. The van der Waals surface area contributed by atoms with E-state index in [1.807, 2.05) is 0 Å². The van der Waals surface area contributed by atoms with E-state index in [1.165, 1.54) is 12.1 Å². The molecule has 0 aliphatic heterocycles. The molecule has 0 radical (unpaired) electrons. The van der Waals surface area contributed by atoms with Crippen molar-refractivity contribution in [1.29, 1.82) is 0 Å². The lowest BCUT2D eigenvalue weighted by molar-refractivity contribution is 0.0977. The third kappa shape index (κ3) is 4.31. The highest BCUT2D eigenvalue weighted by Crippen LogP contribution is 2.19. The van der Waals surface area contributed by atoms with Crippen LogP contribution in [0.5, 0.6) is 0 Å². The van der Waals surface area contributed by atoms with Gasteiger partial charge in [-0.15, -0.1) is 0 Å². The SMILES string of the molecule is O=C(NC(=S)Nc1ccc(F)c(F)c1F)c1cc(Cl)nc(Cl)c1. The highest BCUT2D eigenvalue weighted by atomic mass is 35.5. The largest absolute Gasteiger partial charge is 0.330 e. The van der Waals surface area contributed by atoms with Gasteiger partial charge in [0.25, 0.3) is 5.91 Å². The van der Waals surface area contributed by atoms with E-state index in [2.05, 4.69) is 15.6 Å². The van der Waals surface area contributed by atoms with E-state index in [0.29, 0.717) is 6.07 Å². The molecule has 1 aromatic heterocycles. The van der Waals surface area contributed by atoms with Gasteiger partial charge in [0.05, 0.1) is 5.69 Å².